The summed E-state index contributed by atoms with van der Waals surface area (Å²) in [6, 6.07) is 20.7. The van der Waals surface area contributed by atoms with Crippen LogP contribution in [0, 0.1) is 12.8 Å². The Morgan fingerprint density at radius 2 is 1.89 bits per heavy atom. The normalized spacial score (nSPS) is 20.7. The Hall–Kier alpha value is -3.64. The summed E-state index contributed by atoms with van der Waals surface area (Å²) in [6.07, 6.45) is 5.05. The first-order chi connectivity index (χ1) is 17.6. The van der Waals surface area contributed by atoms with Crippen LogP contribution in [0.4, 0.5) is 4.39 Å². The highest BCUT2D eigenvalue weighted by Gasteiger charge is 2.32. The van der Waals surface area contributed by atoms with Gasteiger partial charge in [0.25, 0.3) is 5.89 Å². The van der Waals surface area contributed by atoms with E-state index in [-0.39, 0.29) is 5.92 Å². The molecule has 3 aromatic carbocycles. The lowest BCUT2D eigenvalue weighted by Gasteiger charge is -2.35. The van der Waals surface area contributed by atoms with Crippen LogP contribution in [0.1, 0.15) is 47.6 Å². The van der Waals surface area contributed by atoms with Gasteiger partial charge in [0.05, 0.1) is 0 Å². The van der Waals surface area contributed by atoms with Crippen LogP contribution in [-0.2, 0) is 17.9 Å². The maximum atomic E-state index is 13.5. The van der Waals surface area contributed by atoms with Crippen LogP contribution in [0.3, 0.4) is 0 Å². The molecule has 2 aliphatic carbocycles. The Morgan fingerprint density at radius 1 is 1.06 bits per heavy atom. The fourth-order valence-electron chi connectivity index (χ4n) is 5.58. The number of aryl methyl sites for hydroxylation is 2. The molecule has 0 radical (unpaired) electrons. The molecule has 0 bridgehead atoms. The van der Waals surface area contributed by atoms with Gasteiger partial charge in [-0.25, -0.2) is 4.39 Å². The third-order valence-electron chi connectivity index (χ3n) is 7.63. The summed E-state index contributed by atoms with van der Waals surface area (Å²) in [6.45, 7) is 1.52. The van der Waals surface area contributed by atoms with E-state index in [0.29, 0.717) is 29.4 Å². The summed E-state index contributed by atoms with van der Waals surface area (Å²) >= 11 is 0. The topological polar surface area (TPSA) is 68.0 Å². The summed E-state index contributed by atoms with van der Waals surface area (Å²) in [5, 5.41) is 7.97. The molecule has 0 spiro atoms. The highest BCUT2D eigenvalue weighted by Crippen LogP contribution is 2.37. The van der Waals surface area contributed by atoms with Gasteiger partial charge in [-0.05, 0) is 84.2 Å². The van der Waals surface area contributed by atoms with Crippen molar-refractivity contribution in [3.8, 4) is 34.0 Å². The Labute approximate surface area is 209 Å². The van der Waals surface area contributed by atoms with Gasteiger partial charge >= 0.3 is 0 Å². The minimum absolute atomic E-state index is 0.226. The number of nitrogens with one attached hydrogen (secondary N) is 1. The number of hydrogen-bond acceptors (Lipinski definition) is 5. The molecule has 1 saturated carbocycles. The third-order valence-corrected chi connectivity index (χ3v) is 7.63. The summed E-state index contributed by atoms with van der Waals surface area (Å²) in [4.78, 5) is 15.6. The number of benzene rings is 3. The number of halogens is 1. The molecule has 1 heterocycles. The Bertz CT molecular complexity index is 1420. The average molecular weight is 482 g/mol. The van der Waals surface area contributed by atoms with Gasteiger partial charge in [0.2, 0.25) is 5.82 Å². The standard InChI is InChI=1S/C30H28FN3O2/c1-18-12-22(7-9-25(18)26-5-3-2-4-23(26)16-31)30-33-29(34-36-30)21-6-10-27-20(15-21)8-11-28(27)32-24-13-19(14-24)17-35/h2-7,9-10,12,15,17,19,24,28,32H,8,11,13-14,16H2,1H3. The van der Waals surface area contributed by atoms with Gasteiger partial charge in [-0.2, -0.15) is 4.98 Å². The SMILES string of the molecule is Cc1cc(-c2nc(-c3ccc4c(c3)CCC4NC3CC(C=O)C3)no2)ccc1-c1ccccc1CF. The van der Waals surface area contributed by atoms with Crippen molar-refractivity contribution in [3.63, 3.8) is 0 Å². The van der Waals surface area contributed by atoms with Crippen LogP contribution in [-0.4, -0.2) is 22.5 Å². The Balaban J connectivity index is 1.20. The second kappa shape index (κ2) is 9.43. The van der Waals surface area contributed by atoms with E-state index in [0.717, 1.165) is 59.8 Å². The molecule has 6 rings (SSSR count). The molecule has 5 nitrogen and oxygen atoms in total. The minimum atomic E-state index is -0.497. The molecule has 0 saturated heterocycles. The highest BCUT2D eigenvalue weighted by atomic mass is 19.1. The fraction of sp³-hybridized carbons (Fsp3) is 0.300. The highest BCUT2D eigenvalue weighted by molar-refractivity contribution is 5.74. The summed E-state index contributed by atoms with van der Waals surface area (Å²) in [5.41, 5.74) is 8.03. The van der Waals surface area contributed by atoms with Crippen molar-refractivity contribution in [2.75, 3.05) is 0 Å². The number of aldehydes is 1. The first-order valence-corrected chi connectivity index (χ1v) is 12.6. The van der Waals surface area contributed by atoms with E-state index in [1.807, 2.05) is 49.4 Å². The first kappa shape index (κ1) is 22.8. The van der Waals surface area contributed by atoms with Gasteiger partial charge < -0.3 is 14.6 Å². The largest absolute Gasteiger partial charge is 0.334 e. The number of carbonyl (C=O) groups is 1. The first-order valence-electron chi connectivity index (χ1n) is 12.6. The fourth-order valence-corrected chi connectivity index (χ4v) is 5.58. The molecule has 1 atom stereocenters. The zero-order valence-corrected chi connectivity index (χ0v) is 20.2. The number of carbonyl (C=O) groups excluding carboxylic acids is 1. The van der Waals surface area contributed by atoms with Crippen molar-refractivity contribution in [1.29, 1.82) is 0 Å². The van der Waals surface area contributed by atoms with Gasteiger partial charge in [-0.3, -0.25) is 0 Å². The van der Waals surface area contributed by atoms with Gasteiger partial charge in [-0.15, -0.1) is 0 Å². The number of rotatable bonds is 7. The molecule has 6 heteroatoms. The van der Waals surface area contributed by atoms with E-state index in [1.165, 1.54) is 11.1 Å². The molecule has 1 unspecified atom stereocenters. The van der Waals surface area contributed by atoms with Crippen LogP contribution < -0.4 is 5.32 Å². The lowest BCUT2D eigenvalue weighted by molar-refractivity contribution is -0.113. The number of fused-ring (bicyclic) bond motifs is 1. The summed E-state index contributed by atoms with van der Waals surface area (Å²) in [5.74, 6) is 1.26. The van der Waals surface area contributed by atoms with Crippen LogP contribution >= 0.6 is 0 Å². The zero-order valence-electron chi connectivity index (χ0n) is 20.2. The second-order valence-corrected chi connectivity index (χ2v) is 9.98. The predicted octanol–water partition coefficient (Wildman–Crippen LogP) is 6.40. The lowest BCUT2D eigenvalue weighted by atomic mass is 9.81. The van der Waals surface area contributed by atoms with Gasteiger partial charge in [0.15, 0.2) is 0 Å². The van der Waals surface area contributed by atoms with E-state index in [1.54, 1.807) is 0 Å². The van der Waals surface area contributed by atoms with Gasteiger partial charge in [0, 0.05) is 29.1 Å². The van der Waals surface area contributed by atoms with E-state index in [2.05, 4.69) is 33.7 Å². The molecule has 182 valence electrons. The molecule has 0 aliphatic heterocycles. The monoisotopic (exact) mass is 481 g/mol. The third kappa shape index (κ3) is 4.16. The van der Waals surface area contributed by atoms with E-state index in [9.17, 15) is 9.18 Å². The van der Waals surface area contributed by atoms with Crippen LogP contribution in [0.5, 0.6) is 0 Å². The molecule has 1 N–H and O–H groups in total. The van der Waals surface area contributed by atoms with E-state index in [4.69, 9.17) is 4.52 Å². The number of nitrogens with zero attached hydrogens (tertiary/aromatic N) is 2. The average Bonchev–Trinajstić information content (AvgIpc) is 3.53. The molecule has 2 aliphatic rings. The van der Waals surface area contributed by atoms with E-state index < -0.39 is 6.67 Å². The molecule has 1 aromatic heterocycles. The number of aromatic nitrogens is 2. The lowest BCUT2D eigenvalue weighted by Crippen LogP contribution is -2.43. The minimum Gasteiger partial charge on any atom is -0.334 e. The smallest absolute Gasteiger partial charge is 0.258 e. The Kier molecular flexibility index (Phi) is 5.97. The molecule has 4 aromatic rings. The summed E-state index contributed by atoms with van der Waals surface area (Å²) < 4.78 is 19.1. The molecular formula is C30H28FN3O2. The van der Waals surface area contributed by atoms with Crippen molar-refractivity contribution in [2.24, 2.45) is 5.92 Å². The van der Waals surface area contributed by atoms with Gasteiger partial charge in [0.1, 0.15) is 13.0 Å². The van der Waals surface area contributed by atoms with Crippen molar-refractivity contribution in [1.82, 2.24) is 15.5 Å². The maximum absolute atomic E-state index is 13.5. The zero-order chi connectivity index (χ0) is 24.6. The molecule has 1 fully saturated rings. The van der Waals surface area contributed by atoms with Crippen LogP contribution in [0.25, 0.3) is 34.0 Å². The quantitative estimate of drug-likeness (QED) is 0.309. The van der Waals surface area contributed by atoms with Crippen molar-refractivity contribution >= 4 is 6.29 Å². The van der Waals surface area contributed by atoms with Crippen LogP contribution in [0.15, 0.2) is 65.2 Å². The second-order valence-electron chi connectivity index (χ2n) is 9.98. The molecule has 0 amide bonds. The Morgan fingerprint density at radius 3 is 2.69 bits per heavy atom. The maximum Gasteiger partial charge on any atom is 0.258 e. The predicted molar refractivity (Wildman–Crippen MR) is 137 cm³/mol. The number of alkyl halides is 1. The molecule has 36 heavy (non-hydrogen) atoms. The van der Waals surface area contributed by atoms with Crippen molar-refractivity contribution in [2.45, 2.75) is 51.4 Å². The van der Waals surface area contributed by atoms with Gasteiger partial charge in [-0.1, -0.05) is 47.6 Å². The van der Waals surface area contributed by atoms with Crippen molar-refractivity contribution in [3.05, 3.63) is 82.9 Å². The summed E-state index contributed by atoms with van der Waals surface area (Å²) in [7, 11) is 0. The van der Waals surface area contributed by atoms with E-state index >= 15 is 0 Å². The number of hydrogen-bond donors (Lipinski definition) is 1. The van der Waals surface area contributed by atoms with Crippen molar-refractivity contribution < 1.29 is 13.7 Å². The van der Waals surface area contributed by atoms with Crippen LogP contribution in [0.2, 0.25) is 0 Å². The molecular weight excluding hydrogens is 453 g/mol.